The van der Waals surface area contributed by atoms with Crippen molar-refractivity contribution in [2.24, 2.45) is 4.99 Å². The van der Waals surface area contributed by atoms with E-state index in [-0.39, 0.29) is 30.0 Å². The van der Waals surface area contributed by atoms with Gasteiger partial charge < -0.3 is 10.6 Å². The molecule has 3 N–H and O–H groups in total. The van der Waals surface area contributed by atoms with Crippen LogP contribution < -0.4 is 15.4 Å². The van der Waals surface area contributed by atoms with E-state index in [1.807, 2.05) is 49.0 Å². The van der Waals surface area contributed by atoms with Crippen molar-refractivity contribution in [3.8, 4) is 0 Å². The topological polar surface area (TPSA) is 82.6 Å². The number of sulfonamides is 1. The van der Waals surface area contributed by atoms with Gasteiger partial charge in [0, 0.05) is 29.3 Å². The summed E-state index contributed by atoms with van der Waals surface area (Å²) in [5.74, 6) is 0.755. The number of hydrogen-bond acceptors (Lipinski definition) is 4. The van der Waals surface area contributed by atoms with Crippen molar-refractivity contribution in [1.29, 1.82) is 0 Å². The lowest BCUT2D eigenvalue weighted by molar-refractivity contribution is 0.581. The van der Waals surface area contributed by atoms with E-state index in [1.54, 1.807) is 12.1 Å². The zero-order valence-electron chi connectivity index (χ0n) is 17.9. The predicted octanol–water partition coefficient (Wildman–Crippen LogP) is 3.98. The van der Waals surface area contributed by atoms with Gasteiger partial charge in [-0.2, -0.15) is 0 Å². The van der Waals surface area contributed by atoms with Crippen LogP contribution in [0.1, 0.15) is 32.3 Å². The highest BCUT2D eigenvalue weighted by Crippen LogP contribution is 2.23. The summed E-state index contributed by atoms with van der Waals surface area (Å²) in [6, 6.07) is 17.4. The van der Waals surface area contributed by atoms with Gasteiger partial charge >= 0.3 is 0 Å². The Morgan fingerprint density at radius 2 is 1.77 bits per heavy atom. The maximum absolute atomic E-state index is 12.3. The molecule has 2 aromatic carbocycles. The Balaban J connectivity index is 0.00000341. The first-order valence-corrected chi connectivity index (χ1v) is 12.7. The van der Waals surface area contributed by atoms with E-state index in [9.17, 15) is 8.42 Å². The number of benzene rings is 2. The Morgan fingerprint density at radius 3 is 2.39 bits per heavy atom. The van der Waals surface area contributed by atoms with E-state index in [4.69, 9.17) is 0 Å². The molecule has 1 aliphatic carbocycles. The molecule has 0 bridgehead atoms. The monoisotopic (exact) mass is 574 g/mol. The van der Waals surface area contributed by atoms with Crippen LogP contribution in [-0.2, 0) is 16.6 Å². The molecule has 1 fully saturated rings. The third kappa shape index (κ3) is 8.99. The van der Waals surface area contributed by atoms with Gasteiger partial charge in [0.15, 0.2) is 5.96 Å². The van der Waals surface area contributed by atoms with Gasteiger partial charge in [-0.05, 0) is 49.6 Å². The molecular weight excluding hydrogens is 543 g/mol. The molecule has 6 nitrogen and oxygen atoms in total. The van der Waals surface area contributed by atoms with Gasteiger partial charge in [-0.3, -0.25) is 0 Å². The second kappa shape index (κ2) is 12.7. The van der Waals surface area contributed by atoms with Gasteiger partial charge in [-0.25, -0.2) is 18.1 Å². The fourth-order valence-electron chi connectivity index (χ4n) is 2.79. The van der Waals surface area contributed by atoms with Crippen LogP contribution >= 0.6 is 35.7 Å². The number of rotatable bonds is 10. The summed E-state index contributed by atoms with van der Waals surface area (Å²) < 4.78 is 27.2. The van der Waals surface area contributed by atoms with Gasteiger partial charge in [-0.1, -0.05) is 37.3 Å². The Morgan fingerprint density at radius 1 is 1.10 bits per heavy atom. The summed E-state index contributed by atoms with van der Waals surface area (Å²) in [7, 11) is -3.41. The van der Waals surface area contributed by atoms with E-state index in [0.29, 0.717) is 16.7 Å². The third-order valence-electron chi connectivity index (χ3n) is 4.53. The first-order chi connectivity index (χ1) is 14.5. The minimum atomic E-state index is -3.41. The molecule has 1 aliphatic rings. The van der Waals surface area contributed by atoms with E-state index in [1.165, 1.54) is 4.90 Å². The maximum atomic E-state index is 12.3. The van der Waals surface area contributed by atoms with Gasteiger partial charge in [0.05, 0.1) is 11.4 Å². The maximum Gasteiger partial charge on any atom is 0.240 e. The number of halogens is 1. The zero-order valence-corrected chi connectivity index (χ0v) is 21.8. The highest BCUT2D eigenvalue weighted by Gasteiger charge is 2.27. The van der Waals surface area contributed by atoms with Crippen LogP contribution in [0, 0.1) is 0 Å². The summed E-state index contributed by atoms with van der Waals surface area (Å²) in [6.07, 6.45) is 1.85. The molecule has 31 heavy (non-hydrogen) atoms. The molecule has 0 heterocycles. The molecular formula is C22H31IN4O2S2. The predicted molar refractivity (Wildman–Crippen MR) is 140 cm³/mol. The Bertz CT molecular complexity index is 934. The van der Waals surface area contributed by atoms with Crippen molar-refractivity contribution < 1.29 is 8.42 Å². The van der Waals surface area contributed by atoms with Crippen molar-refractivity contribution in [2.75, 3.05) is 13.1 Å². The Labute approximate surface area is 207 Å². The second-order valence-electron chi connectivity index (χ2n) is 7.36. The number of aliphatic imine (C=N–C) groups is 1. The number of thioether (sulfide) groups is 1. The van der Waals surface area contributed by atoms with Crippen molar-refractivity contribution in [3.05, 3.63) is 60.2 Å². The minimum Gasteiger partial charge on any atom is -0.357 e. The largest absolute Gasteiger partial charge is 0.357 e. The van der Waals surface area contributed by atoms with E-state index in [2.05, 4.69) is 39.4 Å². The highest BCUT2D eigenvalue weighted by atomic mass is 127. The van der Waals surface area contributed by atoms with Gasteiger partial charge in [0.2, 0.25) is 10.0 Å². The van der Waals surface area contributed by atoms with Gasteiger partial charge in [0.1, 0.15) is 0 Å². The first-order valence-electron chi connectivity index (χ1n) is 10.3. The van der Waals surface area contributed by atoms with E-state index < -0.39 is 10.0 Å². The lowest BCUT2D eigenvalue weighted by Crippen LogP contribution is -2.40. The Hall–Kier alpha value is -1.30. The molecule has 1 unspecified atom stereocenters. The lowest BCUT2D eigenvalue weighted by Gasteiger charge is -2.16. The standard InChI is InChI=1S/C22H30N4O2S2.HI/c1-3-23-22(24-15-17(2)29-20-7-5-4-6-8-20)25-16-18-9-13-21(14-10-18)30(27,28)26-19-11-12-19;/h4-10,13-14,17,19,26H,3,11-12,15-16H2,1-2H3,(H2,23,24,25);1H. The van der Waals surface area contributed by atoms with Crippen molar-refractivity contribution in [2.45, 2.75) is 54.3 Å². The van der Waals surface area contributed by atoms with Crippen LogP contribution in [0.5, 0.6) is 0 Å². The molecule has 0 aromatic heterocycles. The Kier molecular flexibility index (Phi) is 10.6. The molecule has 0 amide bonds. The van der Waals surface area contributed by atoms with Crippen LogP contribution in [0.25, 0.3) is 0 Å². The van der Waals surface area contributed by atoms with Crippen LogP contribution in [0.15, 0.2) is 69.4 Å². The van der Waals surface area contributed by atoms with Crippen molar-refractivity contribution >= 4 is 51.7 Å². The molecule has 0 aliphatic heterocycles. The molecule has 1 atom stereocenters. The van der Waals surface area contributed by atoms with E-state index >= 15 is 0 Å². The van der Waals surface area contributed by atoms with Crippen LogP contribution in [-0.4, -0.2) is 38.8 Å². The summed E-state index contributed by atoms with van der Waals surface area (Å²) in [4.78, 5) is 6.19. The fourth-order valence-corrected chi connectivity index (χ4v) is 5.04. The summed E-state index contributed by atoms with van der Waals surface area (Å²) in [6.45, 7) is 6.26. The molecule has 0 radical (unpaired) electrons. The number of nitrogens with zero attached hydrogens (tertiary/aromatic N) is 1. The molecule has 3 rings (SSSR count). The average molecular weight is 575 g/mol. The molecule has 9 heteroatoms. The normalized spacial score (nSPS) is 15.1. The fraction of sp³-hybridized carbons (Fsp3) is 0.409. The third-order valence-corrected chi connectivity index (χ3v) is 7.18. The summed E-state index contributed by atoms with van der Waals surface area (Å²) in [5, 5.41) is 7.04. The molecule has 0 saturated heterocycles. The van der Waals surface area contributed by atoms with Crippen molar-refractivity contribution in [3.63, 3.8) is 0 Å². The van der Waals surface area contributed by atoms with Crippen LogP contribution in [0.3, 0.4) is 0 Å². The minimum absolute atomic E-state index is 0. The molecule has 170 valence electrons. The van der Waals surface area contributed by atoms with Gasteiger partial charge in [0.25, 0.3) is 0 Å². The SMILES string of the molecule is CCNC(=NCc1ccc(S(=O)(=O)NC2CC2)cc1)NCC(C)Sc1ccccc1.I. The van der Waals surface area contributed by atoms with E-state index in [0.717, 1.165) is 37.5 Å². The quantitative estimate of drug-likeness (QED) is 0.173. The average Bonchev–Trinajstić information content (AvgIpc) is 3.54. The first kappa shape index (κ1) is 26.0. The van der Waals surface area contributed by atoms with Crippen molar-refractivity contribution in [1.82, 2.24) is 15.4 Å². The van der Waals surface area contributed by atoms with Crippen LogP contribution in [0.2, 0.25) is 0 Å². The summed E-state index contributed by atoms with van der Waals surface area (Å²) in [5.41, 5.74) is 0.962. The number of guanidine groups is 1. The molecule has 0 spiro atoms. The smallest absolute Gasteiger partial charge is 0.240 e. The molecule has 1 saturated carbocycles. The number of nitrogens with one attached hydrogen (secondary N) is 3. The lowest BCUT2D eigenvalue weighted by atomic mass is 10.2. The number of hydrogen-bond donors (Lipinski definition) is 3. The van der Waals surface area contributed by atoms with Gasteiger partial charge in [-0.15, -0.1) is 35.7 Å². The zero-order chi connectivity index (χ0) is 21.4. The summed E-state index contributed by atoms with van der Waals surface area (Å²) >= 11 is 1.82. The van der Waals surface area contributed by atoms with Crippen LogP contribution in [0.4, 0.5) is 0 Å². The molecule has 2 aromatic rings. The second-order valence-corrected chi connectivity index (χ2v) is 10.6. The highest BCUT2D eigenvalue weighted by molar-refractivity contribution is 14.0.